The summed E-state index contributed by atoms with van der Waals surface area (Å²) in [5.41, 5.74) is 7.84. The molecule has 204 valence electrons. The zero-order valence-electron chi connectivity index (χ0n) is 22.4. The van der Waals surface area contributed by atoms with E-state index in [4.69, 9.17) is 24.5 Å². The maximum Gasteiger partial charge on any atom is 0.494 e. The number of nitrogens with two attached hydrogens (primary N) is 1. The average molecular weight is 534 g/mol. The lowest BCUT2D eigenvalue weighted by Crippen LogP contribution is -2.44. The Labute approximate surface area is 227 Å². The van der Waals surface area contributed by atoms with Gasteiger partial charge in [-0.2, -0.15) is 4.39 Å². The van der Waals surface area contributed by atoms with Crippen LogP contribution in [0.2, 0.25) is 0 Å². The van der Waals surface area contributed by atoms with Crippen molar-refractivity contribution in [2.24, 2.45) is 0 Å². The fourth-order valence-corrected chi connectivity index (χ4v) is 4.44. The molecule has 2 aliphatic rings. The van der Waals surface area contributed by atoms with Gasteiger partial charge in [0.1, 0.15) is 11.9 Å². The van der Waals surface area contributed by atoms with Crippen molar-refractivity contribution in [3.05, 3.63) is 71.9 Å². The molecule has 11 heteroatoms. The summed E-state index contributed by atoms with van der Waals surface area (Å²) in [6, 6.07) is 12.2. The Kier molecular flexibility index (Phi) is 7.43. The predicted molar refractivity (Wildman–Crippen MR) is 145 cm³/mol. The molecule has 0 bridgehead atoms. The Balaban J connectivity index is 1.20. The number of nitrogens with zero attached hydrogens (tertiary/aromatic N) is 2. The lowest BCUT2D eigenvalue weighted by atomic mass is 9.79. The molecule has 0 spiro atoms. The van der Waals surface area contributed by atoms with Crippen molar-refractivity contribution in [2.75, 3.05) is 18.9 Å². The molecular weight excluding hydrogens is 502 g/mol. The maximum atomic E-state index is 14.2. The SMILES string of the molecule is CC1(C)OB(c2ccc(CO[C@H]3COC[C@@H]3NC(=O)c3cc(-c4cccnc4F)cnc3N)cc2)OC1(C)C. The minimum absolute atomic E-state index is 0.0408. The number of rotatable bonds is 7. The molecule has 2 fully saturated rings. The highest BCUT2D eigenvalue weighted by Crippen LogP contribution is 2.36. The minimum atomic E-state index is -0.655. The van der Waals surface area contributed by atoms with Crippen molar-refractivity contribution in [2.45, 2.75) is 57.6 Å². The molecule has 0 radical (unpaired) electrons. The second-order valence-electron chi connectivity index (χ2n) is 10.8. The molecule has 3 aromatic rings. The number of amides is 1. The zero-order chi connectivity index (χ0) is 27.8. The van der Waals surface area contributed by atoms with E-state index in [0.717, 1.165) is 11.0 Å². The van der Waals surface area contributed by atoms with Crippen LogP contribution in [0.1, 0.15) is 43.6 Å². The summed E-state index contributed by atoms with van der Waals surface area (Å²) in [5, 5.41) is 2.93. The van der Waals surface area contributed by atoms with Crippen LogP contribution < -0.4 is 16.5 Å². The minimum Gasteiger partial charge on any atom is -0.399 e. The van der Waals surface area contributed by atoms with Crippen LogP contribution in [0, 0.1) is 5.95 Å². The first-order chi connectivity index (χ1) is 18.5. The number of carbonyl (C=O) groups excluding carboxylic acids is 1. The molecule has 2 aromatic heterocycles. The summed E-state index contributed by atoms with van der Waals surface area (Å²) >= 11 is 0. The molecule has 4 heterocycles. The molecule has 9 nitrogen and oxygen atoms in total. The average Bonchev–Trinajstić information content (AvgIpc) is 3.43. The Morgan fingerprint density at radius 2 is 1.85 bits per heavy atom. The standard InChI is InChI=1S/C28H32BFN4O5/c1-27(2)28(3,4)39-29(38-27)19-9-7-17(8-10-19)14-37-23-16-36-15-22(23)34-26(35)21-12-18(13-33-25(21)31)20-6-5-11-32-24(20)30/h5-13,22-23H,14-16H2,1-4H3,(H2,31,33)(H,34,35)/t22-,23-/m0/s1. The van der Waals surface area contributed by atoms with Gasteiger partial charge in [0.05, 0.1) is 42.6 Å². The number of benzene rings is 1. The number of ether oxygens (including phenoxy) is 2. The molecular formula is C28H32BFN4O5. The van der Waals surface area contributed by atoms with Crippen LogP contribution in [0.3, 0.4) is 0 Å². The summed E-state index contributed by atoms with van der Waals surface area (Å²) in [6.07, 6.45) is 2.41. The van der Waals surface area contributed by atoms with Crippen LogP contribution in [0.15, 0.2) is 54.9 Å². The van der Waals surface area contributed by atoms with Gasteiger partial charge in [0.25, 0.3) is 5.91 Å². The number of nitrogens with one attached hydrogen (secondary N) is 1. The van der Waals surface area contributed by atoms with Crippen LogP contribution >= 0.6 is 0 Å². The second kappa shape index (κ2) is 10.7. The summed E-state index contributed by atoms with van der Waals surface area (Å²) in [7, 11) is -0.428. The summed E-state index contributed by atoms with van der Waals surface area (Å²) in [5.74, 6) is -1.06. The van der Waals surface area contributed by atoms with Crippen LogP contribution in [0.4, 0.5) is 10.2 Å². The fourth-order valence-electron chi connectivity index (χ4n) is 4.44. The van der Waals surface area contributed by atoms with Crippen molar-refractivity contribution in [1.82, 2.24) is 15.3 Å². The first kappa shape index (κ1) is 27.2. The Bertz CT molecular complexity index is 1340. The van der Waals surface area contributed by atoms with Crippen LogP contribution in [0.5, 0.6) is 0 Å². The van der Waals surface area contributed by atoms with Crippen molar-refractivity contribution in [3.63, 3.8) is 0 Å². The highest BCUT2D eigenvalue weighted by atomic mass is 19.1. The van der Waals surface area contributed by atoms with Gasteiger partial charge in [-0.1, -0.05) is 24.3 Å². The van der Waals surface area contributed by atoms with Crippen molar-refractivity contribution in [3.8, 4) is 11.1 Å². The molecule has 1 amide bonds. The number of aromatic nitrogens is 2. The zero-order valence-corrected chi connectivity index (χ0v) is 22.4. The molecule has 0 aliphatic carbocycles. The van der Waals surface area contributed by atoms with Crippen molar-refractivity contribution < 1.29 is 28.0 Å². The van der Waals surface area contributed by atoms with E-state index < -0.39 is 30.2 Å². The highest BCUT2D eigenvalue weighted by Gasteiger charge is 2.51. The first-order valence-electron chi connectivity index (χ1n) is 12.9. The van der Waals surface area contributed by atoms with E-state index in [-0.39, 0.29) is 29.1 Å². The maximum absolute atomic E-state index is 14.2. The lowest BCUT2D eigenvalue weighted by molar-refractivity contribution is 0.00578. The third kappa shape index (κ3) is 5.67. The van der Waals surface area contributed by atoms with Gasteiger partial charge in [0.2, 0.25) is 5.95 Å². The number of hydrogen-bond acceptors (Lipinski definition) is 8. The summed E-state index contributed by atoms with van der Waals surface area (Å²) in [6.45, 7) is 9.06. The fraction of sp³-hybridized carbons (Fsp3) is 0.393. The molecule has 0 saturated carbocycles. The molecule has 39 heavy (non-hydrogen) atoms. The monoisotopic (exact) mass is 534 g/mol. The van der Waals surface area contributed by atoms with Crippen molar-refractivity contribution >= 4 is 24.3 Å². The number of anilines is 1. The topological polar surface area (TPSA) is 118 Å². The van der Waals surface area contributed by atoms with Crippen molar-refractivity contribution in [1.29, 1.82) is 0 Å². The lowest BCUT2D eigenvalue weighted by Gasteiger charge is -2.32. The van der Waals surface area contributed by atoms with Gasteiger partial charge >= 0.3 is 7.12 Å². The normalized spacial score (nSPS) is 21.7. The Hall–Kier alpha value is -3.38. The summed E-state index contributed by atoms with van der Waals surface area (Å²) < 4.78 is 38.1. The second-order valence-corrected chi connectivity index (χ2v) is 10.8. The molecule has 1 aromatic carbocycles. The van der Waals surface area contributed by atoms with Crippen LogP contribution in [0.25, 0.3) is 11.1 Å². The van der Waals surface area contributed by atoms with E-state index in [1.807, 2.05) is 52.0 Å². The number of carbonyl (C=O) groups is 1. The number of halogens is 1. The molecule has 2 saturated heterocycles. The molecule has 3 N–H and O–H groups in total. The van der Waals surface area contributed by atoms with E-state index in [9.17, 15) is 9.18 Å². The van der Waals surface area contributed by atoms with E-state index in [1.165, 1.54) is 18.5 Å². The molecule has 5 rings (SSSR count). The van der Waals surface area contributed by atoms with Gasteiger partial charge in [-0.25, -0.2) is 9.97 Å². The van der Waals surface area contributed by atoms with Crippen LogP contribution in [-0.4, -0.2) is 59.6 Å². The van der Waals surface area contributed by atoms with Gasteiger partial charge in [-0.15, -0.1) is 0 Å². The predicted octanol–water partition coefficient (Wildman–Crippen LogP) is 2.88. The Morgan fingerprint density at radius 3 is 2.54 bits per heavy atom. The van der Waals surface area contributed by atoms with E-state index in [1.54, 1.807) is 12.1 Å². The molecule has 2 atom stereocenters. The first-order valence-corrected chi connectivity index (χ1v) is 12.9. The number of nitrogen functional groups attached to an aromatic ring is 1. The van der Waals surface area contributed by atoms with Gasteiger partial charge in [-0.05, 0) is 56.9 Å². The molecule has 0 unspecified atom stereocenters. The van der Waals surface area contributed by atoms with Gasteiger partial charge < -0.3 is 29.8 Å². The quantitative estimate of drug-likeness (QED) is 0.351. The summed E-state index contributed by atoms with van der Waals surface area (Å²) in [4.78, 5) is 20.8. The van der Waals surface area contributed by atoms with Gasteiger partial charge in [0.15, 0.2) is 0 Å². The van der Waals surface area contributed by atoms with Crippen LogP contribution in [-0.2, 0) is 25.4 Å². The number of pyridine rings is 2. The van der Waals surface area contributed by atoms with E-state index in [0.29, 0.717) is 25.4 Å². The smallest absolute Gasteiger partial charge is 0.399 e. The molecule has 2 aliphatic heterocycles. The van der Waals surface area contributed by atoms with E-state index in [2.05, 4.69) is 15.3 Å². The number of hydrogen-bond donors (Lipinski definition) is 2. The Morgan fingerprint density at radius 1 is 1.13 bits per heavy atom. The third-order valence-electron chi connectivity index (χ3n) is 7.55. The third-order valence-corrected chi connectivity index (χ3v) is 7.55. The largest absolute Gasteiger partial charge is 0.494 e. The van der Waals surface area contributed by atoms with E-state index >= 15 is 0 Å². The van der Waals surface area contributed by atoms with Gasteiger partial charge in [-0.3, -0.25) is 4.79 Å². The highest BCUT2D eigenvalue weighted by molar-refractivity contribution is 6.62. The van der Waals surface area contributed by atoms with Gasteiger partial charge in [0, 0.05) is 23.5 Å².